The number of carbonyl (C=O) groups is 1. The first kappa shape index (κ1) is 9.86. The topological polar surface area (TPSA) is 37.3 Å². The van der Waals surface area contributed by atoms with Crippen LogP contribution >= 0.6 is 0 Å². The second-order valence-electron chi connectivity index (χ2n) is 3.06. The number of benzene rings is 1. The molecule has 0 aliphatic carbocycles. The first-order valence-corrected chi connectivity index (χ1v) is 3.96. The molecule has 0 aliphatic rings. The standard InChI is InChI=1S/C10H11FO2/c1-6-3-7(2)10(8(11)4-6)9(13)5-12/h3-5,9,13H,1-2H3. The Labute approximate surface area is 76.0 Å². The summed E-state index contributed by atoms with van der Waals surface area (Å²) >= 11 is 0. The van der Waals surface area contributed by atoms with E-state index in [1.165, 1.54) is 6.07 Å². The van der Waals surface area contributed by atoms with E-state index in [1.54, 1.807) is 19.9 Å². The lowest BCUT2D eigenvalue weighted by atomic mass is 10.0. The Morgan fingerprint density at radius 3 is 2.54 bits per heavy atom. The van der Waals surface area contributed by atoms with Crippen LogP contribution in [0.3, 0.4) is 0 Å². The fourth-order valence-electron chi connectivity index (χ4n) is 1.37. The summed E-state index contributed by atoms with van der Waals surface area (Å²) in [6, 6.07) is 3.03. The first-order chi connectivity index (χ1) is 6.06. The molecule has 0 fully saturated rings. The van der Waals surface area contributed by atoms with Crippen molar-refractivity contribution >= 4 is 6.29 Å². The van der Waals surface area contributed by atoms with Gasteiger partial charge in [-0.05, 0) is 31.0 Å². The zero-order valence-electron chi connectivity index (χ0n) is 7.54. The molecule has 1 rings (SSSR count). The van der Waals surface area contributed by atoms with Crippen LogP contribution in [0.15, 0.2) is 12.1 Å². The highest BCUT2D eigenvalue weighted by molar-refractivity contribution is 5.61. The van der Waals surface area contributed by atoms with E-state index in [4.69, 9.17) is 0 Å². The summed E-state index contributed by atoms with van der Waals surface area (Å²) in [6.45, 7) is 3.42. The molecule has 1 unspecified atom stereocenters. The molecule has 1 aromatic carbocycles. The van der Waals surface area contributed by atoms with Crippen LogP contribution in [0.2, 0.25) is 0 Å². The number of hydrogen-bond acceptors (Lipinski definition) is 2. The van der Waals surface area contributed by atoms with E-state index in [2.05, 4.69) is 0 Å². The van der Waals surface area contributed by atoms with Crippen LogP contribution in [-0.2, 0) is 4.79 Å². The molecule has 0 bridgehead atoms. The van der Waals surface area contributed by atoms with Gasteiger partial charge < -0.3 is 9.90 Å². The van der Waals surface area contributed by atoms with Crippen LogP contribution in [0.4, 0.5) is 4.39 Å². The van der Waals surface area contributed by atoms with Gasteiger partial charge in [0.25, 0.3) is 0 Å². The van der Waals surface area contributed by atoms with Gasteiger partial charge in [-0.15, -0.1) is 0 Å². The lowest BCUT2D eigenvalue weighted by Crippen LogP contribution is -2.04. The van der Waals surface area contributed by atoms with Gasteiger partial charge in [-0.2, -0.15) is 0 Å². The van der Waals surface area contributed by atoms with Crippen LogP contribution < -0.4 is 0 Å². The van der Waals surface area contributed by atoms with Crippen molar-refractivity contribution in [2.45, 2.75) is 20.0 Å². The van der Waals surface area contributed by atoms with Crippen molar-refractivity contribution in [2.75, 3.05) is 0 Å². The number of aryl methyl sites for hydroxylation is 2. The summed E-state index contributed by atoms with van der Waals surface area (Å²) < 4.78 is 13.2. The molecule has 0 saturated carbocycles. The number of aliphatic hydroxyl groups is 1. The maximum atomic E-state index is 13.2. The van der Waals surface area contributed by atoms with Crippen LogP contribution in [0, 0.1) is 19.7 Å². The lowest BCUT2D eigenvalue weighted by molar-refractivity contribution is -0.115. The van der Waals surface area contributed by atoms with Gasteiger partial charge in [-0.25, -0.2) is 4.39 Å². The first-order valence-electron chi connectivity index (χ1n) is 3.96. The van der Waals surface area contributed by atoms with Crippen LogP contribution in [0.5, 0.6) is 0 Å². The highest BCUT2D eigenvalue weighted by atomic mass is 19.1. The van der Waals surface area contributed by atoms with Crippen molar-refractivity contribution in [3.05, 3.63) is 34.6 Å². The average molecular weight is 182 g/mol. The molecule has 1 atom stereocenters. The summed E-state index contributed by atoms with van der Waals surface area (Å²) in [5.41, 5.74) is 1.44. The third-order valence-electron chi connectivity index (χ3n) is 1.91. The minimum atomic E-state index is -1.36. The van der Waals surface area contributed by atoms with Gasteiger partial charge in [0.05, 0.1) is 0 Å². The highest BCUT2D eigenvalue weighted by Crippen LogP contribution is 2.21. The number of aliphatic hydroxyl groups excluding tert-OH is 1. The minimum Gasteiger partial charge on any atom is -0.381 e. The molecule has 3 heteroatoms. The molecule has 0 saturated heterocycles. The van der Waals surface area contributed by atoms with Crippen molar-refractivity contribution in [2.24, 2.45) is 0 Å². The summed E-state index contributed by atoms with van der Waals surface area (Å²) in [5, 5.41) is 9.17. The maximum Gasteiger partial charge on any atom is 0.153 e. The number of halogens is 1. The van der Waals surface area contributed by atoms with Crippen LogP contribution in [0.1, 0.15) is 22.8 Å². The predicted molar refractivity (Wildman–Crippen MR) is 46.9 cm³/mol. The van der Waals surface area contributed by atoms with Crippen molar-refractivity contribution in [1.82, 2.24) is 0 Å². The smallest absolute Gasteiger partial charge is 0.153 e. The monoisotopic (exact) mass is 182 g/mol. The zero-order valence-corrected chi connectivity index (χ0v) is 7.54. The molecule has 0 aliphatic heterocycles. The third-order valence-corrected chi connectivity index (χ3v) is 1.91. The molecule has 0 heterocycles. The Morgan fingerprint density at radius 1 is 1.46 bits per heavy atom. The van der Waals surface area contributed by atoms with Crippen molar-refractivity contribution < 1.29 is 14.3 Å². The van der Waals surface area contributed by atoms with E-state index in [9.17, 15) is 14.3 Å². The summed E-state index contributed by atoms with van der Waals surface area (Å²) in [7, 11) is 0. The predicted octanol–water partition coefficient (Wildman–Crippen LogP) is 1.67. The lowest BCUT2D eigenvalue weighted by Gasteiger charge is -2.09. The van der Waals surface area contributed by atoms with Crippen LogP contribution in [-0.4, -0.2) is 11.4 Å². The Balaban J connectivity index is 3.28. The fourth-order valence-corrected chi connectivity index (χ4v) is 1.37. The summed E-state index contributed by atoms with van der Waals surface area (Å²) in [4.78, 5) is 10.3. The Morgan fingerprint density at radius 2 is 2.08 bits per heavy atom. The molecule has 13 heavy (non-hydrogen) atoms. The maximum absolute atomic E-state index is 13.2. The molecular weight excluding hydrogens is 171 g/mol. The molecule has 1 aromatic rings. The third kappa shape index (κ3) is 1.92. The van der Waals surface area contributed by atoms with Gasteiger partial charge in [0.2, 0.25) is 0 Å². The Hall–Kier alpha value is -1.22. The number of aldehydes is 1. The highest BCUT2D eigenvalue weighted by Gasteiger charge is 2.14. The molecule has 1 N–H and O–H groups in total. The van der Waals surface area contributed by atoms with E-state index in [0.29, 0.717) is 11.8 Å². The van der Waals surface area contributed by atoms with Crippen LogP contribution in [0.25, 0.3) is 0 Å². The van der Waals surface area contributed by atoms with Crippen molar-refractivity contribution in [1.29, 1.82) is 0 Å². The summed E-state index contributed by atoms with van der Waals surface area (Å²) in [6.07, 6.45) is -1.04. The Kier molecular flexibility index (Phi) is 2.78. The van der Waals surface area contributed by atoms with Gasteiger partial charge in [0.1, 0.15) is 11.9 Å². The summed E-state index contributed by atoms with van der Waals surface area (Å²) in [5.74, 6) is -0.530. The molecule has 2 nitrogen and oxygen atoms in total. The minimum absolute atomic E-state index is 0.0700. The van der Waals surface area contributed by atoms with Gasteiger partial charge >= 0.3 is 0 Å². The van der Waals surface area contributed by atoms with Gasteiger partial charge in [-0.3, -0.25) is 0 Å². The van der Waals surface area contributed by atoms with Crippen molar-refractivity contribution in [3.8, 4) is 0 Å². The molecular formula is C10H11FO2. The van der Waals surface area contributed by atoms with E-state index < -0.39 is 11.9 Å². The number of rotatable bonds is 2. The Bertz CT molecular complexity index is 311. The quantitative estimate of drug-likeness (QED) is 0.706. The van der Waals surface area contributed by atoms with E-state index in [-0.39, 0.29) is 5.56 Å². The number of hydrogen-bond donors (Lipinski definition) is 1. The second kappa shape index (κ2) is 3.66. The van der Waals surface area contributed by atoms with E-state index in [1.807, 2.05) is 0 Å². The number of carbonyl (C=O) groups excluding carboxylic acids is 1. The molecule has 0 radical (unpaired) electrons. The van der Waals surface area contributed by atoms with Crippen molar-refractivity contribution in [3.63, 3.8) is 0 Å². The molecule has 0 aromatic heterocycles. The molecule has 0 amide bonds. The van der Waals surface area contributed by atoms with E-state index in [0.717, 1.165) is 5.56 Å². The normalized spacial score (nSPS) is 12.6. The zero-order chi connectivity index (χ0) is 10.0. The SMILES string of the molecule is Cc1cc(C)c(C(O)C=O)c(F)c1. The van der Waals surface area contributed by atoms with Gasteiger partial charge in [0, 0.05) is 5.56 Å². The van der Waals surface area contributed by atoms with Gasteiger partial charge in [-0.1, -0.05) is 6.07 Å². The van der Waals surface area contributed by atoms with Gasteiger partial charge in [0.15, 0.2) is 6.29 Å². The second-order valence-corrected chi connectivity index (χ2v) is 3.06. The molecule has 70 valence electrons. The fraction of sp³-hybridized carbons (Fsp3) is 0.300. The molecule has 0 spiro atoms. The largest absolute Gasteiger partial charge is 0.381 e. The average Bonchev–Trinajstić information content (AvgIpc) is 2.02. The van der Waals surface area contributed by atoms with E-state index >= 15 is 0 Å².